The molecule has 0 heterocycles. The highest BCUT2D eigenvalue weighted by Gasteiger charge is 2.20. The summed E-state index contributed by atoms with van der Waals surface area (Å²) in [6.07, 6.45) is 0.979. The molecule has 0 aromatic heterocycles. The van der Waals surface area contributed by atoms with E-state index in [0.29, 0.717) is 12.5 Å². The molecule has 0 rings (SSSR count). The smallest absolute Gasteiger partial charge is 0.225 e. The maximum absolute atomic E-state index is 11.7. The van der Waals surface area contributed by atoms with E-state index in [1.807, 2.05) is 34.6 Å². The predicted molar refractivity (Wildman–Crippen MR) is 75.6 cm³/mol. The van der Waals surface area contributed by atoms with Crippen molar-refractivity contribution in [3.05, 3.63) is 0 Å². The number of hydrogen-bond donors (Lipinski definition) is 3. The highest BCUT2D eigenvalue weighted by molar-refractivity contribution is 5.82. The molecule has 1 atom stereocenters. The Morgan fingerprint density at radius 2 is 1.79 bits per heavy atom. The zero-order valence-corrected chi connectivity index (χ0v) is 12.7. The maximum Gasteiger partial charge on any atom is 0.225 e. The molecule has 2 amide bonds. The molecule has 19 heavy (non-hydrogen) atoms. The number of hydrogen-bond acceptors (Lipinski definition) is 3. The van der Waals surface area contributed by atoms with Gasteiger partial charge in [0.05, 0.1) is 12.6 Å². The van der Waals surface area contributed by atoms with Crippen LogP contribution in [-0.2, 0) is 9.59 Å². The van der Waals surface area contributed by atoms with Gasteiger partial charge in [0.15, 0.2) is 0 Å². The highest BCUT2D eigenvalue weighted by atomic mass is 16.3. The normalized spacial score (nSPS) is 13.2. The summed E-state index contributed by atoms with van der Waals surface area (Å²) in [5.74, 6) is 0.202. The van der Waals surface area contributed by atoms with E-state index >= 15 is 0 Å². The topological polar surface area (TPSA) is 78.4 Å². The summed E-state index contributed by atoms with van der Waals surface area (Å²) in [6.45, 7) is 9.82. The lowest BCUT2D eigenvalue weighted by Crippen LogP contribution is -2.41. The Bertz CT molecular complexity index is 296. The second-order valence-corrected chi connectivity index (χ2v) is 6.33. The van der Waals surface area contributed by atoms with E-state index in [0.717, 1.165) is 6.42 Å². The third-order valence-electron chi connectivity index (χ3n) is 2.66. The third-order valence-corrected chi connectivity index (χ3v) is 2.66. The molecule has 0 bridgehead atoms. The predicted octanol–water partition coefficient (Wildman–Crippen LogP) is 1.06. The molecule has 3 N–H and O–H groups in total. The van der Waals surface area contributed by atoms with Gasteiger partial charge in [-0.15, -0.1) is 0 Å². The average molecular weight is 272 g/mol. The first-order chi connectivity index (χ1) is 8.66. The first-order valence-corrected chi connectivity index (χ1v) is 6.85. The molecule has 0 aromatic carbocycles. The van der Waals surface area contributed by atoms with Crippen LogP contribution in [0, 0.1) is 11.3 Å². The van der Waals surface area contributed by atoms with Crippen LogP contribution in [0.3, 0.4) is 0 Å². The van der Waals surface area contributed by atoms with Gasteiger partial charge in [0.25, 0.3) is 0 Å². The fraction of sp³-hybridized carbons (Fsp3) is 0.857. The molecular weight excluding hydrogens is 244 g/mol. The van der Waals surface area contributed by atoms with E-state index in [1.54, 1.807) is 0 Å². The summed E-state index contributed by atoms with van der Waals surface area (Å²) < 4.78 is 0. The largest absolute Gasteiger partial charge is 0.394 e. The second-order valence-electron chi connectivity index (χ2n) is 6.33. The average Bonchev–Trinajstić information content (AvgIpc) is 2.25. The van der Waals surface area contributed by atoms with Gasteiger partial charge in [0.2, 0.25) is 11.8 Å². The van der Waals surface area contributed by atoms with Gasteiger partial charge in [-0.2, -0.15) is 0 Å². The minimum Gasteiger partial charge on any atom is -0.394 e. The minimum absolute atomic E-state index is 0.0573. The highest BCUT2D eigenvalue weighted by Crippen LogP contribution is 2.12. The van der Waals surface area contributed by atoms with Crippen molar-refractivity contribution in [1.82, 2.24) is 10.6 Å². The summed E-state index contributed by atoms with van der Waals surface area (Å²) in [5.41, 5.74) is -0.443. The lowest BCUT2D eigenvalue weighted by Gasteiger charge is -2.19. The molecular formula is C14H28N2O3. The van der Waals surface area contributed by atoms with E-state index in [2.05, 4.69) is 10.6 Å². The van der Waals surface area contributed by atoms with Crippen molar-refractivity contribution in [1.29, 1.82) is 0 Å². The van der Waals surface area contributed by atoms with Crippen molar-refractivity contribution in [2.24, 2.45) is 11.3 Å². The number of amides is 2. The molecule has 0 radical (unpaired) electrons. The van der Waals surface area contributed by atoms with Crippen LogP contribution in [0.1, 0.15) is 47.5 Å². The SMILES string of the molecule is CC(C)CC(CO)NC(=O)CCNC(=O)C(C)(C)C. The van der Waals surface area contributed by atoms with Gasteiger partial charge in [-0.05, 0) is 12.3 Å². The first kappa shape index (κ1) is 17.9. The van der Waals surface area contributed by atoms with E-state index in [-0.39, 0.29) is 30.9 Å². The van der Waals surface area contributed by atoms with Crippen molar-refractivity contribution in [3.8, 4) is 0 Å². The van der Waals surface area contributed by atoms with Crippen LogP contribution < -0.4 is 10.6 Å². The van der Waals surface area contributed by atoms with Crippen LogP contribution in [0.4, 0.5) is 0 Å². The van der Waals surface area contributed by atoms with Gasteiger partial charge in [0, 0.05) is 18.4 Å². The summed E-state index contributed by atoms with van der Waals surface area (Å²) in [5, 5.41) is 14.7. The van der Waals surface area contributed by atoms with E-state index in [1.165, 1.54) is 0 Å². The fourth-order valence-corrected chi connectivity index (χ4v) is 1.60. The van der Waals surface area contributed by atoms with Gasteiger partial charge in [-0.3, -0.25) is 9.59 Å². The van der Waals surface area contributed by atoms with Gasteiger partial charge in [-0.25, -0.2) is 0 Å². The molecule has 1 unspecified atom stereocenters. The lowest BCUT2D eigenvalue weighted by molar-refractivity contribution is -0.128. The molecule has 0 aliphatic carbocycles. The summed E-state index contributed by atoms with van der Waals surface area (Å²) in [6, 6.07) is -0.203. The van der Waals surface area contributed by atoms with Crippen molar-refractivity contribution >= 4 is 11.8 Å². The van der Waals surface area contributed by atoms with Crippen molar-refractivity contribution in [2.45, 2.75) is 53.5 Å². The van der Waals surface area contributed by atoms with E-state index in [4.69, 9.17) is 5.11 Å². The molecule has 0 spiro atoms. The minimum atomic E-state index is -0.443. The maximum atomic E-state index is 11.7. The number of aliphatic hydroxyl groups excluding tert-OH is 1. The Balaban J connectivity index is 3.96. The van der Waals surface area contributed by atoms with Gasteiger partial charge < -0.3 is 15.7 Å². The van der Waals surface area contributed by atoms with Crippen LogP contribution in [-0.4, -0.2) is 36.1 Å². The number of carbonyl (C=O) groups excluding carboxylic acids is 2. The van der Waals surface area contributed by atoms with Crippen LogP contribution >= 0.6 is 0 Å². The van der Waals surface area contributed by atoms with E-state index < -0.39 is 5.41 Å². The standard InChI is InChI=1S/C14H28N2O3/c1-10(2)8-11(9-17)16-12(18)6-7-15-13(19)14(3,4)5/h10-11,17H,6-9H2,1-5H3,(H,15,19)(H,16,18). The molecule has 0 fully saturated rings. The van der Waals surface area contributed by atoms with Crippen molar-refractivity contribution in [2.75, 3.05) is 13.2 Å². The number of carbonyl (C=O) groups is 2. The lowest BCUT2D eigenvalue weighted by atomic mass is 9.96. The van der Waals surface area contributed by atoms with Crippen LogP contribution in [0.2, 0.25) is 0 Å². The summed E-state index contributed by atoms with van der Waals surface area (Å²) >= 11 is 0. The monoisotopic (exact) mass is 272 g/mol. The summed E-state index contributed by atoms with van der Waals surface area (Å²) in [4.78, 5) is 23.2. The molecule has 5 nitrogen and oxygen atoms in total. The van der Waals surface area contributed by atoms with Gasteiger partial charge in [0.1, 0.15) is 0 Å². The molecule has 0 aliphatic rings. The van der Waals surface area contributed by atoms with Crippen LogP contribution in [0.5, 0.6) is 0 Å². The number of aliphatic hydroxyl groups is 1. The van der Waals surface area contributed by atoms with Gasteiger partial charge >= 0.3 is 0 Å². The Kier molecular flexibility index (Phi) is 7.68. The van der Waals surface area contributed by atoms with Crippen LogP contribution in [0.15, 0.2) is 0 Å². The molecule has 0 aliphatic heterocycles. The molecule has 0 saturated carbocycles. The van der Waals surface area contributed by atoms with Crippen LogP contribution in [0.25, 0.3) is 0 Å². The zero-order chi connectivity index (χ0) is 15.1. The Morgan fingerprint density at radius 1 is 1.21 bits per heavy atom. The van der Waals surface area contributed by atoms with Gasteiger partial charge in [-0.1, -0.05) is 34.6 Å². The molecule has 0 aromatic rings. The Hall–Kier alpha value is -1.10. The van der Waals surface area contributed by atoms with Crippen molar-refractivity contribution < 1.29 is 14.7 Å². The second kappa shape index (κ2) is 8.15. The zero-order valence-electron chi connectivity index (χ0n) is 12.7. The fourth-order valence-electron chi connectivity index (χ4n) is 1.60. The first-order valence-electron chi connectivity index (χ1n) is 6.85. The Morgan fingerprint density at radius 3 is 2.21 bits per heavy atom. The third kappa shape index (κ3) is 8.59. The Labute approximate surface area is 116 Å². The number of rotatable bonds is 7. The number of nitrogens with one attached hydrogen (secondary N) is 2. The molecule has 0 saturated heterocycles. The molecule has 112 valence electrons. The summed E-state index contributed by atoms with van der Waals surface area (Å²) in [7, 11) is 0. The quantitative estimate of drug-likeness (QED) is 0.648. The van der Waals surface area contributed by atoms with E-state index in [9.17, 15) is 9.59 Å². The van der Waals surface area contributed by atoms with Crippen molar-refractivity contribution in [3.63, 3.8) is 0 Å². The molecule has 5 heteroatoms.